The van der Waals surface area contributed by atoms with Crippen LogP contribution in [0.3, 0.4) is 0 Å². The number of rotatable bonds is 1. The number of aromatic amines is 1. The molecule has 1 N–H and O–H groups in total. The fourth-order valence-corrected chi connectivity index (χ4v) is 1.98. The first-order valence-electron chi connectivity index (χ1n) is 5.36. The van der Waals surface area contributed by atoms with Gasteiger partial charge in [0.2, 0.25) is 0 Å². The van der Waals surface area contributed by atoms with Gasteiger partial charge in [0.05, 0.1) is 11.3 Å². The SMILES string of the molecule is C[n+]1cccc(-c2cc3ccccc3[nH]2)c1.[I-]. The Bertz CT molecular complexity index is 610. The van der Waals surface area contributed by atoms with E-state index in [0.29, 0.717) is 0 Å². The highest BCUT2D eigenvalue weighted by molar-refractivity contribution is 5.85. The quantitative estimate of drug-likeness (QED) is 0.464. The van der Waals surface area contributed by atoms with Gasteiger partial charge in [0.15, 0.2) is 12.4 Å². The van der Waals surface area contributed by atoms with E-state index in [1.54, 1.807) is 0 Å². The molecule has 2 nitrogen and oxygen atoms in total. The Labute approximate surface area is 117 Å². The number of benzene rings is 1. The van der Waals surface area contributed by atoms with E-state index in [4.69, 9.17) is 0 Å². The molecule has 86 valence electrons. The van der Waals surface area contributed by atoms with E-state index in [2.05, 4.69) is 52.1 Å². The smallest absolute Gasteiger partial charge is 0.177 e. The standard InChI is InChI=1S/C14H13N2.HI/c1-16-8-4-6-12(10-16)14-9-11-5-2-3-7-13(11)15-14;/h2-10,15H,1H3;1H/q+1;/p-1. The maximum Gasteiger partial charge on any atom is 0.177 e. The number of para-hydroxylation sites is 1. The highest BCUT2D eigenvalue weighted by Gasteiger charge is 2.05. The van der Waals surface area contributed by atoms with E-state index in [1.807, 2.05) is 19.3 Å². The highest BCUT2D eigenvalue weighted by Crippen LogP contribution is 2.22. The van der Waals surface area contributed by atoms with Crippen LogP contribution in [0.15, 0.2) is 54.9 Å². The number of fused-ring (bicyclic) bond motifs is 1. The van der Waals surface area contributed by atoms with Crippen LogP contribution in [0.4, 0.5) is 0 Å². The van der Waals surface area contributed by atoms with Crippen LogP contribution in [-0.2, 0) is 7.05 Å². The minimum absolute atomic E-state index is 0. The first kappa shape index (κ1) is 12.1. The molecule has 17 heavy (non-hydrogen) atoms. The summed E-state index contributed by atoms with van der Waals surface area (Å²) >= 11 is 0. The van der Waals surface area contributed by atoms with Crippen LogP contribution in [0, 0.1) is 0 Å². The molecule has 3 rings (SSSR count). The number of H-pyrrole nitrogens is 1. The van der Waals surface area contributed by atoms with Crippen LogP contribution in [0.25, 0.3) is 22.2 Å². The molecule has 0 atom stereocenters. The molecule has 0 radical (unpaired) electrons. The lowest BCUT2D eigenvalue weighted by molar-refractivity contribution is -0.671. The van der Waals surface area contributed by atoms with E-state index < -0.39 is 0 Å². The normalized spacial score (nSPS) is 10.2. The molecule has 0 fully saturated rings. The van der Waals surface area contributed by atoms with Crippen molar-refractivity contribution in [3.63, 3.8) is 0 Å². The summed E-state index contributed by atoms with van der Waals surface area (Å²) in [5.74, 6) is 0. The fourth-order valence-electron chi connectivity index (χ4n) is 1.98. The Kier molecular flexibility index (Phi) is 3.47. The van der Waals surface area contributed by atoms with Crippen molar-refractivity contribution >= 4 is 10.9 Å². The van der Waals surface area contributed by atoms with E-state index in [0.717, 1.165) is 5.69 Å². The third-order valence-corrected chi connectivity index (χ3v) is 2.78. The molecular weight excluding hydrogens is 323 g/mol. The highest BCUT2D eigenvalue weighted by atomic mass is 127. The minimum Gasteiger partial charge on any atom is -1.00 e. The van der Waals surface area contributed by atoms with Crippen molar-refractivity contribution in [2.45, 2.75) is 0 Å². The summed E-state index contributed by atoms with van der Waals surface area (Å²) in [6, 6.07) is 14.7. The molecule has 3 aromatic rings. The maximum atomic E-state index is 3.43. The first-order valence-corrected chi connectivity index (χ1v) is 5.36. The predicted molar refractivity (Wildman–Crippen MR) is 64.9 cm³/mol. The zero-order valence-electron chi connectivity index (χ0n) is 9.52. The minimum atomic E-state index is 0. The molecule has 0 saturated heterocycles. The van der Waals surface area contributed by atoms with E-state index in [9.17, 15) is 0 Å². The predicted octanol–water partition coefficient (Wildman–Crippen LogP) is -0.337. The Morgan fingerprint density at radius 3 is 2.65 bits per heavy atom. The van der Waals surface area contributed by atoms with Crippen molar-refractivity contribution in [3.05, 3.63) is 54.9 Å². The molecule has 0 saturated carbocycles. The number of nitrogens with one attached hydrogen (secondary N) is 1. The van der Waals surface area contributed by atoms with Gasteiger partial charge in [0.25, 0.3) is 0 Å². The van der Waals surface area contributed by atoms with Crippen molar-refractivity contribution in [1.29, 1.82) is 0 Å². The van der Waals surface area contributed by atoms with Gasteiger partial charge in [-0.3, -0.25) is 0 Å². The lowest BCUT2D eigenvalue weighted by Crippen LogP contribution is -3.00. The molecule has 0 spiro atoms. The fraction of sp³-hybridized carbons (Fsp3) is 0.0714. The zero-order valence-corrected chi connectivity index (χ0v) is 11.7. The van der Waals surface area contributed by atoms with Gasteiger partial charge in [-0.05, 0) is 18.2 Å². The zero-order chi connectivity index (χ0) is 11.0. The Morgan fingerprint density at radius 2 is 1.88 bits per heavy atom. The lowest BCUT2D eigenvalue weighted by atomic mass is 10.2. The molecule has 0 aliphatic heterocycles. The third kappa shape index (κ3) is 2.34. The van der Waals surface area contributed by atoms with Crippen LogP contribution in [-0.4, -0.2) is 4.98 Å². The molecule has 0 unspecified atom stereocenters. The Balaban J connectivity index is 0.00000108. The molecule has 2 aromatic heterocycles. The second kappa shape index (κ2) is 4.87. The van der Waals surface area contributed by atoms with Gasteiger partial charge in [0.1, 0.15) is 7.05 Å². The van der Waals surface area contributed by atoms with Crippen LogP contribution in [0.2, 0.25) is 0 Å². The number of aryl methyl sites for hydroxylation is 1. The summed E-state index contributed by atoms with van der Waals surface area (Å²) in [7, 11) is 2.03. The van der Waals surface area contributed by atoms with Gasteiger partial charge < -0.3 is 29.0 Å². The summed E-state index contributed by atoms with van der Waals surface area (Å²) in [6.45, 7) is 0. The average molecular weight is 336 g/mol. The van der Waals surface area contributed by atoms with Crippen LogP contribution in [0.5, 0.6) is 0 Å². The lowest BCUT2D eigenvalue weighted by Gasteiger charge is -1.94. The number of aromatic nitrogens is 2. The largest absolute Gasteiger partial charge is 1.00 e. The van der Waals surface area contributed by atoms with Gasteiger partial charge in [0, 0.05) is 17.0 Å². The van der Waals surface area contributed by atoms with Crippen LogP contribution in [0.1, 0.15) is 0 Å². The summed E-state index contributed by atoms with van der Waals surface area (Å²) in [4.78, 5) is 3.43. The maximum absolute atomic E-state index is 3.43. The van der Waals surface area contributed by atoms with Gasteiger partial charge in [-0.25, -0.2) is 4.57 Å². The van der Waals surface area contributed by atoms with Crippen molar-refractivity contribution in [1.82, 2.24) is 4.98 Å². The summed E-state index contributed by atoms with van der Waals surface area (Å²) in [5.41, 5.74) is 3.56. The topological polar surface area (TPSA) is 19.7 Å². The number of hydrogen-bond acceptors (Lipinski definition) is 0. The van der Waals surface area contributed by atoms with Gasteiger partial charge in [-0.2, -0.15) is 0 Å². The molecular formula is C14H13IN2. The molecule has 2 heterocycles. The monoisotopic (exact) mass is 336 g/mol. The van der Waals surface area contributed by atoms with E-state index in [-0.39, 0.29) is 24.0 Å². The number of pyridine rings is 1. The summed E-state index contributed by atoms with van der Waals surface area (Å²) < 4.78 is 2.06. The van der Waals surface area contributed by atoms with E-state index in [1.165, 1.54) is 16.5 Å². The Hall–Kier alpha value is -1.36. The molecule has 1 aromatic carbocycles. The second-order valence-corrected chi connectivity index (χ2v) is 4.03. The van der Waals surface area contributed by atoms with Gasteiger partial charge in [-0.15, -0.1) is 0 Å². The van der Waals surface area contributed by atoms with Crippen molar-refractivity contribution in [3.8, 4) is 11.3 Å². The van der Waals surface area contributed by atoms with Crippen LogP contribution < -0.4 is 28.5 Å². The molecule has 3 heteroatoms. The molecule has 0 bridgehead atoms. The summed E-state index contributed by atoms with van der Waals surface area (Å²) in [6.07, 6.45) is 4.15. The number of halogens is 1. The first-order chi connectivity index (χ1) is 7.83. The molecule has 0 amide bonds. The van der Waals surface area contributed by atoms with Gasteiger partial charge in [-0.1, -0.05) is 18.2 Å². The molecule has 0 aliphatic carbocycles. The third-order valence-electron chi connectivity index (χ3n) is 2.78. The average Bonchev–Trinajstić information content (AvgIpc) is 2.72. The Morgan fingerprint density at radius 1 is 1.06 bits per heavy atom. The number of nitrogens with zero attached hydrogens (tertiary/aromatic N) is 1. The summed E-state index contributed by atoms with van der Waals surface area (Å²) in [5, 5.41) is 1.25. The molecule has 0 aliphatic rings. The number of hydrogen-bond donors (Lipinski definition) is 1. The van der Waals surface area contributed by atoms with Crippen LogP contribution >= 0.6 is 0 Å². The van der Waals surface area contributed by atoms with Crippen molar-refractivity contribution < 1.29 is 28.5 Å². The second-order valence-electron chi connectivity index (χ2n) is 4.03. The van der Waals surface area contributed by atoms with Crippen molar-refractivity contribution in [2.75, 3.05) is 0 Å². The van der Waals surface area contributed by atoms with Gasteiger partial charge >= 0.3 is 0 Å². The van der Waals surface area contributed by atoms with E-state index >= 15 is 0 Å². The van der Waals surface area contributed by atoms with Crippen molar-refractivity contribution in [2.24, 2.45) is 7.05 Å².